The van der Waals surface area contributed by atoms with Crippen molar-refractivity contribution in [2.24, 2.45) is 0 Å². The first-order chi connectivity index (χ1) is 17.6. The van der Waals surface area contributed by atoms with Crippen LogP contribution >= 0.6 is 0 Å². The number of ether oxygens (including phenoxy) is 2. The van der Waals surface area contributed by atoms with E-state index in [0.717, 1.165) is 23.2 Å². The Morgan fingerprint density at radius 1 is 1.28 bits per heavy atom. The molecule has 0 bridgehead atoms. The van der Waals surface area contributed by atoms with Crippen molar-refractivity contribution in [3.05, 3.63) is 30.5 Å². The zero-order valence-electron chi connectivity index (χ0n) is 20.1. The van der Waals surface area contributed by atoms with E-state index in [1.165, 1.54) is 0 Å². The van der Waals surface area contributed by atoms with Crippen LogP contribution in [-0.4, -0.2) is 92.8 Å². The smallest absolute Gasteiger partial charge is 0.244 e. The summed E-state index contributed by atoms with van der Waals surface area (Å²) in [5.74, 6) is 0.680. The summed E-state index contributed by atoms with van der Waals surface area (Å²) in [5, 5.41) is 16.0. The average Bonchev–Trinajstić information content (AvgIpc) is 3.47. The second-order valence-electron chi connectivity index (χ2n) is 9.45. The molecule has 12 heteroatoms. The fourth-order valence-electron chi connectivity index (χ4n) is 4.95. The molecule has 0 unspecified atom stereocenters. The van der Waals surface area contributed by atoms with Gasteiger partial charge in [0, 0.05) is 24.8 Å². The molecule has 0 amide bonds. The first kappa shape index (κ1) is 23.0. The predicted molar refractivity (Wildman–Crippen MR) is 130 cm³/mol. The third-order valence-corrected chi connectivity index (χ3v) is 7.12. The van der Waals surface area contributed by atoms with Gasteiger partial charge in [-0.05, 0) is 37.1 Å². The number of alkyl halides is 2. The first-order valence-electron chi connectivity index (χ1n) is 12.1. The van der Waals surface area contributed by atoms with Gasteiger partial charge >= 0.3 is 0 Å². The molecule has 36 heavy (non-hydrogen) atoms. The van der Waals surface area contributed by atoms with Gasteiger partial charge in [-0.2, -0.15) is 4.98 Å². The maximum atomic E-state index is 15.0. The lowest BCUT2D eigenvalue weighted by molar-refractivity contribution is -0.0794. The van der Waals surface area contributed by atoms with Crippen molar-refractivity contribution >= 4 is 22.5 Å². The SMILES string of the molecule is COc1nc(N[C@@H]2CCN(C3COC3)C[C@@H]2F)nn2ccc(-c3ccc4nnn([C@@H](C)CF)c4c3)c12. The van der Waals surface area contributed by atoms with Crippen LogP contribution in [0.25, 0.3) is 27.7 Å². The number of nitrogens with zero attached hydrogens (tertiary/aromatic N) is 7. The number of hydrogen-bond acceptors (Lipinski definition) is 8. The van der Waals surface area contributed by atoms with E-state index in [4.69, 9.17) is 9.47 Å². The molecule has 6 rings (SSSR count). The number of benzene rings is 1. The largest absolute Gasteiger partial charge is 0.479 e. The summed E-state index contributed by atoms with van der Waals surface area (Å²) < 4.78 is 42.4. The molecule has 1 N–H and O–H groups in total. The van der Waals surface area contributed by atoms with Crippen LogP contribution in [-0.2, 0) is 4.74 Å². The van der Waals surface area contributed by atoms with Gasteiger partial charge in [-0.15, -0.1) is 10.2 Å². The number of piperidine rings is 1. The van der Waals surface area contributed by atoms with Crippen LogP contribution in [0.4, 0.5) is 14.7 Å². The highest BCUT2D eigenvalue weighted by Crippen LogP contribution is 2.33. The Balaban J connectivity index is 1.29. The molecule has 0 saturated carbocycles. The van der Waals surface area contributed by atoms with E-state index in [9.17, 15) is 8.78 Å². The average molecular weight is 499 g/mol. The van der Waals surface area contributed by atoms with E-state index in [1.54, 1.807) is 23.2 Å². The number of hydrogen-bond donors (Lipinski definition) is 1. The Bertz CT molecular complexity index is 1390. The molecule has 0 aliphatic carbocycles. The minimum absolute atomic E-state index is 0.309. The highest BCUT2D eigenvalue weighted by molar-refractivity contribution is 5.89. The van der Waals surface area contributed by atoms with Crippen LogP contribution in [0.5, 0.6) is 5.88 Å². The monoisotopic (exact) mass is 498 g/mol. The maximum Gasteiger partial charge on any atom is 0.244 e. The van der Waals surface area contributed by atoms with Gasteiger partial charge in [0.1, 0.15) is 23.9 Å². The predicted octanol–water partition coefficient (Wildman–Crippen LogP) is 2.90. The van der Waals surface area contributed by atoms with Gasteiger partial charge in [-0.3, -0.25) is 4.90 Å². The van der Waals surface area contributed by atoms with Gasteiger partial charge in [-0.1, -0.05) is 11.3 Å². The van der Waals surface area contributed by atoms with Crippen LogP contribution in [0.15, 0.2) is 30.5 Å². The van der Waals surface area contributed by atoms with Crippen LogP contribution in [0.3, 0.4) is 0 Å². The summed E-state index contributed by atoms with van der Waals surface area (Å²) >= 11 is 0. The fraction of sp³-hybridized carbons (Fsp3) is 0.500. The molecular weight excluding hydrogens is 470 g/mol. The zero-order chi connectivity index (χ0) is 24.8. The van der Waals surface area contributed by atoms with E-state index < -0.39 is 18.9 Å². The zero-order valence-corrected chi connectivity index (χ0v) is 20.1. The van der Waals surface area contributed by atoms with Crippen LogP contribution in [0, 0.1) is 0 Å². The molecule has 190 valence electrons. The quantitative estimate of drug-likeness (QED) is 0.416. The number of rotatable bonds is 7. The number of aromatic nitrogens is 6. The Morgan fingerprint density at radius 3 is 2.86 bits per heavy atom. The Kier molecular flexibility index (Phi) is 5.92. The fourth-order valence-corrected chi connectivity index (χ4v) is 4.95. The van der Waals surface area contributed by atoms with Gasteiger partial charge in [0.2, 0.25) is 11.8 Å². The van der Waals surface area contributed by atoms with E-state index >= 15 is 0 Å². The van der Waals surface area contributed by atoms with E-state index in [1.807, 2.05) is 30.5 Å². The molecule has 3 atom stereocenters. The lowest BCUT2D eigenvalue weighted by atomic mass is 10.0. The number of methoxy groups -OCH3 is 1. The highest BCUT2D eigenvalue weighted by atomic mass is 19.1. The van der Waals surface area contributed by atoms with Gasteiger partial charge < -0.3 is 14.8 Å². The summed E-state index contributed by atoms with van der Waals surface area (Å²) in [7, 11) is 1.55. The van der Waals surface area contributed by atoms with Gasteiger partial charge in [0.05, 0.1) is 44.0 Å². The third-order valence-electron chi connectivity index (χ3n) is 7.12. The minimum atomic E-state index is -1.04. The Labute approximate surface area is 206 Å². The topological polar surface area (TPSA) is 94.6 Å². The third kappa shape index (κ3) is 3.94. The Morgan fingerprint density at radius 2 is 2.14 bits per heavy atom. The van der Waals surface area contributed by atoms with Crippen LogP contribution in [0.2, 0.25) is 0 Å². The van der Waals surface area contributed by atoms with E-state index in [0.29, 0.717) is 55.1 Å². The molecule has 0 radical (unpaired) electrons. The summed E-state index contributed by atoms with van der Waals surface area (Å²) in [6.07, 6.45) is 1.43. The summed E-state index contributed by atoms with van der Waals surface area (Å²) in [5.41, 5.74) is 3.83. The Hall–Kier alpha value is -3.38. The highest BCUT2D eigenvalue weighted by Gasteiger charge is 2.35. The van der Waals surface area contributed by atoms with Gasteiger partial charge in [0.25, 0.3) is 0 Å². The molecule has 0 spiro atoms. The van der Waals surface area contributed by atoms with Crippen molar-refractivity contribution in [3.8, 4) is 17.0 Å². The summed E-state index contributed by atoms with van der Waals surface area (Å²) in [6, 6.07) is 7.15. The van der Waals surface area contributed by atoms with Crippen molar-refractivity contribution in [2.45, 2.75) is 37.6 Å². The summed E-state index contributed by atoms with van der Waals surface area (Å²) in [4.78, 5) is 6.71. The molecular formula is C24H28F2N8O2. The number of halogens is 2. The first-order valence-corrected chi connectivity index (χ1v) is 12.1. The molecule has 2 aliphatic rings. The molecule has 2 fully saturated rings. The second-order valence-corrected chi connectivity index (χ2v) is 9.45. The molecule has 5 heterocycles. The normalized spacial score (nSPS) is 22.1. The number of likely N-dealkylation sites (tertiary alicyclic amines) is 1. The molecule has 10 nitrogen and oxygen atoms in total. The van der Waals surface area contributed by atoms with Crippen molar-refractivity contribution in [1.29, 1.82) is 0 Å². The molecule has 4 aromatic rings. The van der Waals surface area contributed by atoms with E-state index in [-0.39, 0.29) is 6.04 Å². The van der Waals surface area contributed by atoms with Crippen LogP contribution < -0.4 is 10.1 Å². The van der Waals surface area contributed by atoms with Crippen molar-refractivity contribution in [1.82, 2.24) is 34.5 Å². The minimum Gasteiger partial charge on any atom is -0.479 e. The van der Waals surface area contributed by atoms with Gasteiger partial charge in [-0.25, -0.2) is 18.0 Å². The standard InChI is InChI=1S/C24H28F2N8O2/c1-14(10-25)34-21-9-15(3-4-20(21)29-31-34)17-5-8-33-22(17)23(35-2)28-24(30-33)27-19-6-7-32(11-18(19)26)16-12-36-13-16/h3-5,8-9,14,16,18-19H,6-7,10-13H2,1-2H3,(H,27,30)/t14-,18-,19+/m0/s1. The molecule has 1 aromatic carbocycles. The maximum absolute atomic E-state index is 15.0. The number of anilines is 1. The second kappa shape index (κ2) is 9.25. The van der Waals surface area contributed by atoms with Crippen LogP contribution in [0.1, 0.15) is 19.4 Å². The van der Waals surface area contributed by atoms with Gasteiger partial charge in [0.15, 0.2) is 0 Å². The van der Waals surface area contributed by atoms with Crippen molar-refractivity contribution < 1.29 is 18.3 Å². The number of nitrogens with one attached hydrogen (secondary N) is 1. The van der Waals surface area contributed by atoms with E-state index in [2.05, 4.69) is 30.6 Å². The molecule has 2 saturated heterocycles. The molecule has 3 aromatic heterocycles. The number of fused-ring (bicyclic) bond motifs is 2. The van der Waals surface area contributed by atoms with Crippen molar-refractivity contribution in [3.63, 3.8) is 0 Å². The lowest BCUT2D eigenvalue weighted by Crippen LogP contribution is -2.57. The molecule has 2 aliphatic heterocycles. The van der Waals surface area contributed by atoms with Crippen molar-refractivity contribution in [2.75, 3.05) is 45.4 Å². The summed E-state index contributed by atoms with van der Waals surface area (Å²) in [6.45, 7) is 3.75. The lowest BCUT2D eigenvalue weighted by Gasteiger charge is -2.42.